The fourth-order valence-electron chi connectivity index (χ4n) is 2.20. The number of para-hydroxylation sites is 1. The Kier molecular flexibility index (Phi) is 5.39. The van der Waals surface area contributed by atoms with Gasteiger partial charge in [0.05, 0.1) is 0 Å². The van der Waals surface area contributed by atoms with Crippen LogP contribution in [0, 0.1) is 0 Å². The van der Waals surface area contributed by atoms with E-state index in [4.69, 9.17) is 5.73 Å². The molecule has 2 rings (SSSR count). The second-order valence-corrected chi connectivity index (χ2v) is 5.82. The number of carbonyl (C=O) groups is 1. The third kappa shape index (κ3) is 4.33. The second kappa shape index (κ2) is 7.27. The van der Waals surface area contributed by atoms with Gasteiger partial charge in [0.1, 0.15) is 0 Å². The summed E-state index contributed by atoms with van der Waals surface area (Å²) in [5, 5.41) is 2.98. The maximum Gasteiger partial charge on any atom is 0.224 e. The van der Waals surface area contributed by atoms with E-state index in [0.29, 0.717) is 12.8 Å². The van der Waals surface area contributed by atoms with E-state index < -0.39 is 0 Å². The summed E-state index contributed by atoms with van der Waals surface area (Å²) < 4.78 is 1.02. The van der Waals surface area contributed by atoms with Gasteiger partial charge < -0.3 is 11.1 Å². The molecule has 0 aliphatic carbocycles. The summed E-state index contributed by atoms with van der Waals surface area (Å²) in [4.78, 5) is 12.1. The number of anilines is 2. The van der Waals surface area contributed by atoms with Gasteiger partial charge in [-0.3, -0.25) is 4.79 Å². The number of hydrogen-bond donors (Lipinski definition) is 2. The number of halogens is 1. The van der Waals surface area contributed by atoms with Crippen LogP contribution in [0.15, 0.2) is 46.9 Å². The van der Waals surface area contributed by atoms with Gasteiger partial charge in [-0.15, -0.1) is 0 Å². The lowest BCUT2D eigenvalue weighted by Crippen LogP contribution is -2.14. The molecule has 0 aliphatic heterocycles. The first-order valence-corrected chi connectivity index (χ1v) is 7.81. The molecule has 0 fully saturated rings. The lowest BCUT2D eigenvalue weighted by atomic mass is 10.1. The van der Waals surface area contributed by atoms with Crippen molar-refractivity contribution in [1.82, 2.24) is 0 Å². The Bertz CT molecular complexity index is 640. The molecule has 3 nitrogen and oxygen atoms in total. The minimum Gasteiger partial charge on any atom is -0.399 e. The van der Waals surface area contributed by atoms with Gasteiger partial charge >= 0.3 is 0 Å². The Labute approximate surface area is 133 Å². The van der Waals surface area contributed by atoms with E-state index in [9.17, 15) is 4.79 Å². The number of benzene rings is 2. The Morgan fingerprint density at radius 1 is 1.19 bits per heavy atom. The van der Waals surface area contributed by atoms with Crippen molar-refractivity contribution in [2.75, 3.05) is 11.1 Å². The molecule has 3 N–H and O–H groups in total. The van der Waals surface area contributed by atoms with Crippen molar-refractivity contribution in [3.63, 3.8) is 0 Å². The number of carbonyl (C=O) groups excluding carboxylic acids is 1. The van der Waals surface area contributed by atoms with Crippen molar-refractivity contribution in [3.8, 4) is 0 Å². The van der Waals surface area contributed by atoms with Crippen LogP contribution < -0.4 is 11.1 Å². The highest BCUT2D eigenvalue weighted by Gasteiger charge is 2.08. The van der Waals surface area contributed by atoms with Crippen LogP contribution >= 0.6 is 15.9 Å². The largest absolute Gasteiger partial charge is 0.399 e. The zero-order valence-corrected chi connectivity index (χ0v) is 13.6. The van der Waals surface area contributed by atoms with Gasteiger partial charge in [-0.25, -0.2) is 0 Å². The molecule has 0 unspecified atom stereocenters. The minimum atomic E-state index is 0.00951. The lowest BCUT2D eigenvalue weighted by Gasteiger charge is -2.11. The van der Waals surface area contributed by atoms with E-state index >= 15 is 0 Å². The Morgan fingerprint density at radius 3 is 2.67 bits per heavy atom. The first-order valence-electron chi connectivity index (χ1n) is 7.01. The molecule has 21 heavy (non-hydrogen) atoms. The van der Waals surface area contributed by atoms with Crippen LogP contribution in [0.5, 0.6) is 0 Å². The predicted octanol–water partition coefficient (Wildman–Crippen LogP) is 4.17. The average Bonchev–Trinajstić information content (AvgIpc) is 2.48. The Hall–Kier alpha value is -1.81. The molecular weight excluding hydrogens is 328 g/mol. The molecule has 0 heterocycles. The molecule has 110 valence electrons. The van der Waals surface area contributed by atoms with Crippen molar-refractivity contribution < 1.29 is 4.79 Å². The number of rotatable bonds is 5. The Morgan fingerprint density at radius 2 is 1.95 bits per heavy atom. The molecule has 0 bridgehead atoms. The minimum absolute atomic E-state index is 0.00951. The fourth-order valence-corrected chi connectivity index (χ4v) is 2.61. The van der Waals surface area contributed by atoms with Crippen LogP contribution in [0.2, 0.25) is 0 Å². The van der Waals surface area contributed by atoms with Crippen LogP contribution in [0.4, 0.5) is 11.4 Å². The van der Waals surface area contributed by atoms with Crippen LogP contribution in [0.25, 0.3) is 0 Å². The Balaban J connectivity index is 1.98. The molecule has 2 aromatic carbocycles. The number of hydrogen-bond acceptors (Lipinski definition) is 2. The van der Waals surface area contributed by atoms with Gasteiger partial charge in [-0.05, 0) is 48.2 Å². The third-order valence-corrected chi connectivity index (χ3v) is 3.89. The van der Waals surface area contributed by atoms with Crippen molar-refractivity contribution in [1.29, 1.82) is 0 Å². The maximum atomic E-state index is 12.1. The van der Waals surface area contributed by atoms with Gasteiger partial charge in [0.25, 0.3) is 0 Å². The summed E-state index contributed by atoms with van der Waals surface area (Å²) in [5.41, 5.74) is 9.64. The van der Waals surface area contributed by atoms with E-state index in [-0.39, 0.29) is 5.91 Å². The topological polar surface area (TPSA) is 55.1 Å². The highest BCUT2D eigenvalue weighted by molar-refractivity contribution is 9.10. The SMILES string of the molecule is CCc1cc(Br)ccc1NC(=O)CCc1ccccc1N. The summed E-state index contributed by atoms with van der Waals surface area (Å²) in [6.07, 6.45) is 1.95. The summed E-state index contributed by atoms with van der Waals surface area (Å²) >= 11 is 3.45. The molecular formula is C17H19BrN2O. The normalized spacial score (nSPS) is 10.4. The van der Waals surface area contributed by atoms with Crippen molar-refractivity contribution >= 4 is 33.2 Å². The number of nitrogens with two attached hydrogens (primary N) is 1. The number of nitrogens with one attached hydrogen (secondary N) is 1. The molecule has 1 amide bonds. The van der Waals surface area contributed by atoms with Gasteiger partial charge in [0, 0.05) is 22.3 Å². The summed E-state index contributed by atoms with van der Waals surface area (Å²) in [6.45, 7) is 2.07. The smallest absolute Gasteiger partial charge is 0.224 e. The summed E-state index contributed by atoms with van der Waals surface area (Å²) in [6, 6.07) is 13.5. The van der Waals surface area contributed by atoms with Crippen LogP contribution in [0.1, 0.15) is 24.5 Å². The van der Waals surface area contributed by atoms with E-state index in [1.54, 1.807) is 0 Å². The first kappa shape index (κ1) is 15.6. The molecule has 4 heteroatoms. The van der Waals surface area contributed by atoms with E-state index in [0.717, 1.165) is 33.4 Å². The lowest BCUT2D eigenvalue weighted by molar-refractivity contribution is -0.116. The molecule has 0 aliphatic rings. The maximum absolute atomic E-state index is 12.1. The second-order valence-electron chi connectivity index (χ2n) is 4.90. The first-order chi connectivity index (χ1) is 10.1. The molecule has 0 spiro atoms. The highest BCUT2D eigenvalue weighted by Crippen LogP contribution is 2.22. The summed E-state index contributed by atoms with van der Waals surface area (Å²) in [5.74, 6) is 0.00951. The van der Waals surface area contributed by atoms with Gasteiger partial charge in [0.2, 0.25) is 5.91 Å². The quantitative estimate of drug-likeness (QED) is 0.798. The molecule has 2 aromatic rings. The van der Waals surface area contributed by atoms with E-state index in [1.807, 2.05) is 42.5 Å². The van der Waals surface area contributed by atoms with Gasteiger partial charge in [-0.1, -0.05) is 41.1 Å². The van der Waals surface area contributed by atoms with Crippen molar-refractivity contribution in [2.24, 2.45) is 0 Å². The van der Waals surface area contributed by atoms with Gasteiger partial charge in [0.15, 0.2) is 0 Å². The van der Waals surface area contributed by atoms with Gasteiger partial charge in [-0.2, -0.15) is 0 Å². The molecule has 0 radical (unpaired) electrons. The number of amides is 1. The average molecular weight is 347 g/mol. The zero-order chi connectivity index (χ0) is 15.2. The summed E-state index contributed by atoms with van der Waals surface area (Å²) in [7, 11) is 0. The fraction of sp³-hybridized carbons (Fsp3) is 0.235. The highest BCUT2D eigenvalue weighted by atomic mass is 79.9. The molecule has 0 saturated heterocycles. The predicted molar refractivity (Wildman–Crippen MR) is 91.3 cm³/mol. The molecule has 0 aromatic heterocycles. The van der Waals surface area contributed by atoms with Crippen LogP contribution in [-0.4, -0.2) is 5.91 Å². The van der Waals surface area contributed by atoms with Crippen LogP contribution in [0.3, 0.4) is 0 Å². The zero-order valence-electron chi connectivity index (χ0n) is 12.0. The number of nitrogen functional groups attached to an aromatic ring is 1. The third-order valence-electron chi connectivity index (χ3n) is 3.40. The standard InChI is InChI=1S/C17H19BrN2O/c1-2-12-11-14(18)8-9-16(12)20-17(21)10-7-13-5-3-4-6-15(13)19/h3-6,8-9,11H,2,7,10,19H2,1H3,(H,20,21). The van der Waals surface area contributed by atoms with E-state index in [1.165, 1.54) is 0 Å². The monoisotopic (exact) mass is 346 g/mol. The van der Waals surface area contributed by atoms with Crippen molar-refractivity contribution in [3.05, 3.63) is 58.1 Å². The van der Waals surface area contributed by atoms with E-state index in [2.05, 4.69) is 28.2 Å². The molecule has 0 saturated carbocycles. The number of aryl methyl sites for hydroxylation is 2. The van der Waals surface area contributed by atoms with Crippen molar-refractivity contribution in [2.45, 2.75) is 26.2 Å². The molecule has 0 atom stereocenters. The van der Waals surface area contributed by atoms with Crippen LogP contribution in [-0.2, 0) is 17.6 Å².